The van der Waals surface area contributed by atoms with E-state index < -0.39 is 6.29 Å². The van der Waals surface area contributed by atoms with E-state index in [0.717, 1.165) is 31.4 Å². The van der Waals surface area contributed by atoms with Crippen LogP contribution in [0.25, 0.3) is 0 Å². The molecule has 0 saturated carbocycles. The maximum Gasteiger partial charge on any atom is 0.305 e. The quantitative estimate of drug-likeness (QED) is 0.211. The Labute approximate surface area is 159 Å². The maximum atomic E-state index is 11.5. The predicted octanol–water partition coefficient (Wildman–Crippen LogP) is 4.17. The van der Waals surface area contributed by atoms with Crippen molar-refractivity contribution in [1.82, 2.24) is 0 Å². The molecule has 4 atom stereocenters. The second-order valence-corrected chi connectivity index (χ2v) is 7.12. The molecular formula is C21H39O5+. The molecule has 0 radical (unpaired) electrons. The van der Waals surface area contributed by atoms with Crippen LogP contribution in [0.15, 0.2) is 11.8 Å². The van der Waals surface area contributed by atoms with Crippen LogP contribution in [0.5, 0.6) is 0 Å². The lowest BCUT2D eigenvalue weighted by atomic mass is 9.72. The Bertz CT molecular complexity index is 421. The first kappa shape index (κ1) is 23.0. The van der Waals surface area contributed by atoms with E-state index in [2.05, 4.69) is 19.9 Å². The number of esters is 1. The smallest absolute Gasteiger partial charge is 0.305 e. The molecule has 0 amide bonds. The molecule has 26 heavy (non-hydrogen) atoms. The van der Waals surface area contributed by atoms with Crippen LogP contribution in [0.4, 0.5) is 0 Å². The lowest BCUT2D eigenvalue weighted by molar-refractivity contribution is -0.143. The van der Waals surface area contributed by atoms with E-state index in [1.807, 2.05) is 13.8 Å². The zero-order valence-corrected chi connectivity index (χ0v) is 17.1. The Morgan fingerprint density at radius 3 is 2.73 bits per heavy atom. The van der Waals surface area contributed by atoms with E-state index in [-0.39, 0.29) is 5.97 Å². The number of hydrogen-bond donors (Lipinski definition) is 0. The van der Waals surface area contributed by atoms with Gasteiger partial charge in [-0.1, -0.05) is 20.3 Å². The van der Waals surface area contributed by atoms with Gasteiger partial charge >= 0.3 is 5.97 Å². The molecule has 1 rings (SSSR count). The molecule has 4 unspecified atom stereocenters. The highest BCUT2D eigenvalue weighted by atomic mass is 16.6. The topological polar surface area (TPSA) is 67.7 Å². The number of hydrogen-bond acceptors (Lipinski definition) is 4. The van der Waals surface area contributed by atoms with Gasteiger partial charge in [-0.15, -0.1) is 0 Å². The van der Waals surface area contributed by atoms with Crippen molar-refractivity contribution in [3.05, 3.63) is 11.8 Å². The molecule has 152 valence electrons. The fraction of sp³-hybridized carbons (Fsp3) is 0.857. The third kappa shape index (κ3) is 8.09. The van der Waals surface area contributed by atoms with Crippen molar-refractivity contribution < 1.29 is 24.1 Å². The third-order valence-electron chi connectivity index (χ3n) is 5.31. The molecule has 0 aromatic heterocycles. The second-order valence-electron chi connectivity index (χ2n) is 7.12. The predicted molar refractivity (Wildman–Crippen MR) is 104 cm³/mol. The summed E-state index contributed by atoms with van der Waals surface area (Å²) in [5, 5.41) is 8.00. The summed E-state index contributed by atoms with van der Waals surface area (Å²) in [6, 6.07) is 0. The van der Waals surface area contributed by atoms with Crippen molar-refractivity contribution in [3.63, 3.8) is 0 Å². The summed E-state index contributed by atoms with van der Waals surface area (Å²) >= 11 is 0. The Morgan fingerprint density at radius 1 is 1.31 bits per heavy atom. The molecular weight excluding hydrogens is 332 g/mol. The Hall–Kier alpha value is -1.07. The number of ether oxygens (including phenoxy) is 3. The van der Waals surface area contributed by atoms with Gasteiger partial charge in [-0.2, -0.15) is 0 Å². The minimum atomic E-state index is -0.454. The molecule has 0 bridgehead atoms. The monoisotopic (exact) mass is 371 g/mol. The van der Waals surface area contributed by atoms with Crippen molar-refractivity contribution in [2.45, 2.75) is 78.9 Å². The van der Waals surface area contributed by atoms with Crippen LogP contribution >= 0.6 is 0 Å². The van der Waals surface area contributed by atoms with Crippen LogP contribution in [0.2, 0.25) is 0 Å². The maximum absolute atomic E-state index is 11.5. The van der Waals surface area contributed by atoms with Crippen LogP contribution in [0.3, 0.4) is 0 Å². The minimum Gasteiger partial charge on any atom is -0.498 e. The van der Waals surface area contributed by atoms with Crippen LogP contribution in [0.1, 0.15) is 72.6 Å². The molecule has 0 saturated heterocycles. The van der Waals surface area contributed by atoms with Crippen molar-refractivity contribution >= 4 is 5.97 Å². The summed E-state index contributed by atoms with van der Waals surface area (Å²) in [5.41, 5.74) is 0. The van der Waals surface area contributed by atoms with E-state index in [4.69, 9.17) is 19.3 Å². The molecule has 0 aromatic rings. The summed E-state index contributed by atoms with van der Waals surface area (Å²) in [5.74, 6) is 2.50. The molecule has 2 N–H and O–H groups in total. The average molecular weight is 372 g/mol. The Morgan fingerprint density at radius 2 is 2.08 bits per heavy atom. The molecule has 0 spiro atoms. The fourth-order valence-corrected chi connectivity index (χ4v) is 3.74. The molecule has 0 aromatic carbocycles. The van der Waals surface area contributed by atoms with Crippen molar-refractivity contribution in [3.8, 4) is 0 Å². The number of carbonyl (C=O) groups is 1. The molecule has 1 aliphatic carbocycles. The normalized spacial score (nSPS) is 22.4. The molecule has 5 heteroatoms. The van der Waals surface area contributed by atoms with E-state index >= 15 is 0 Å². The highest BCUT2D eigenvalue weighted by molar-refractivity contribution is 5.69. The standard InChI is InChI=1S/C21H38O5/c1-5-16(4)17-10-8-11-19(18(17)13-14-21(23)25-7-3)26-15-9-12-20(22)24-6-2/h11,16-18,21,23H,5-10,12-15H2,1-4H3/p+1. The summed E-state index contributed by atoms with van der Waals surface area (Å²) in [4.78, 5) is 11.5. The van der Waals surface area contributed by atoms with E-state index in [1.54, 1.807) is 0 Å². The van der Waals surface area contributed by atoms with Crippen molar-refractivity contribution in [1.29, 1.82) is 0 Å². The van der Waals surface area contributed by atoms with Gasteiger partial charge in [-0.3, -0.25) is 4.79 Å². The zero-order valence-electron chi connectivity index (χ0n) is 17.1. The first-order chi connectivity index (χ1) is 12.5. The summed E-state index contributed by atoms with van der Waals surface area (Å²) < 4.78 is 16.4. The van der Waals surface area contributed by atoms with E-state index in [0.29, 0.717) is 50.4 Å². The first-order valence-corrected chi connectivity index (χ1v) is 10.3. The average Bonchev–Trinajstić information content (AvgIpc) is 2.63. The molecule has 1 aliphatic rings. The van der Waals surface area contributed by atoms with Crippen LogP contribution < -0.4 is 0 Å². The minimum absolute atomic E-state index is 0.156. The van der Waals surface area contributed by atoms with Gasteiger partial charge in [0.15, 0.2) is 0 Å². The third-order valence-corrected chi connectivity index (χ3v) is 5.31. The number of rotatable bonds is 13. The van der Waals surface area contributed by atoms with Gasteiger partial charge in [-0.25, -0.2) is 0 Å². The van der Waals surface area contributed by atoms with E-state index in [1.165, 1.54) is 6.42 Å². The summed E-state index contributed by atoms with van der Waals surface area (Å²) in [6.07, 6.45) is 7.89. The van der Waals surface area contributed by atoms with Gasteiger partial charge in [0.2, 0.25) is 0 Å². The molecule has 5 nitrogen and oxygen atoms in total. The SMILES string of the molecule is CCOC(=O)CCCOC1=CCCC(C(C)CC)C1CCC([OH2+])OCC. The fourth-order valence-electron chi connectivity index (χ4n) is 3.74. The Balaban J connectivity index is 2.60. The Kier molecular flexibility index (Phi) is 11.6. The van der Waals surface area contributed by atoms with Gasteiger partial charge in [-0.05, 0) is 57.4 Å². The molecule has 0 heterocycles. The highest BCUT2D eigenvalue weighted by Gasteiger charge is 2.33. The number of carbonyl (C=O) groups excluding carboxylic acids is 1. The number of allylic oxidation sites excluding steroid dienone is 2. The molecule has 0 fully saturated rings. The highest BCUT2D eigenvalue weighted by Crippen LogP contribution is 2.40. The van der Waals surface area contributed by atoms with Gasteiger partial charge in [0.1, 0.15) is 0 Å². The summed E-state index contributed by atoms with van der Waals surface area (Å²) in [7, 11) is 0. The lowest BCUT2D eigenvalue weighted by Crippen LogP contribution is -2.28. The second kappa shape index (κ2) is 13.2. The van der Waals surface area contributed by atoms with Crippen molar-refractivity contribution in [2.24, 2.45) is 17.8 Å². The van der Waals surface area contributed by atoms with Gasteiger partial charge < -0.3 is 19.3 Å². The van der Waals surface area contributed by atoms with Gasteiger partial charge in [0.25, 0.3) is 6.29 Å². The lowest BCUT2D eigenvalue weighted by Gasteiger charge is -2.36. The first-order valence-electron chi connectivity index (χ1n) is 10.3. The van der Waals surface area contributed by atoms with E-state index in [9.17, 15) is 4.79 Å². The van der Waals surface area contributed by atoms with Crippen LogP contribution in [-0.2, 0) is 19.0 Å². The van der Waals surface area contributed by atoms with Crippen LogP contribution in [0, 0.1) is 17.8 Å². The van der Waals surface area contributed by atoms with Gasteiger partial charge in [0.05, 0.1) is 25.6 Å². The van der Waals surface area contributed by atoms with Gasteiger partial charge in [0, 0.05) is 18.8 Å². The zero-order chi connectivity index (χ0) is 19.4. The van der Waals surface area contributed by atoms with Crippen LogP contribution in [-0.4, -0.2) is 37.2 Å². The summed E-state index contributed by atoms with van der Waals surface area (Å²) in [6.45, 7) is 9.88. The van der Waals surface area contributed by atoms with Crippen molar-refractivity contribution in [2.75, 3.05) is 19.8 Å². The molecule has 0 aliphatic heterocycles. The largest absolute Gasteiger partial charge is 0.498 e.